The average Bonchev–Trinajstić information content (AvgIpc) is 3.31. The average molecular weight is 458 g/mol. The molecule has 0 saturated carbocycles. The number of hydrogen-bond donors (Lipinski definition) is 1. The fourth-order valence-electron chi connectivity index (χ4n) is 3.36. The summed E-state index contributed by atoms with van der Waals surface area (Å²) in [6, 6.07) is 13.1. The molecule has 2 aromatic heterocycles. The van der Waals surface area contributed by atoms with Crippen molar-refractivity contribution < 1.29 is 14.3 Å². The summed E-state index contributed by atoms with van der Waals surface area (Å²) in [6.45, 7) is 2.53. The minimum absolute atomic E-state index is 0.237. The van der Waals surface area contributed by atoms with Gasteiger partial charge in [0.05, 0.1) is 34.5 Å². The molecule has 0 aliphatic carbocycles. The number of esters is 1. The van der Waals surface area contributed by atoms with Gasteiger partial charge in [0.15, 0.2) is 0 Å². The van der Waals surface area contributed by atoms with E-state index < -0.39 is 0 Å². The summed E-state index contributed by atoms with van der Waals surface area (Å²) in [5.74, 6) is 0.479. The molecule has 2 heterocycles. The van der Waals surface area contributed by atoms with Gasteiger partial charge < -0.3 is 14.5 Å². The largest absolute Gasteiger partial charge is 0.487 e. The Morgan fingerprint density at radius 2 is 1.97 bits per heavy atom. The fraction of sp³-hybridized carbons (Fsp3) is 0.217. The van der Waals surface area contributed by atoms with E-state index in [4.69, 9.17) is 32.7 Å². The van der Waals surface area contributed by atoms with Gasteiger partial charge in [-0.2, -0.15) is 5.10 Å². The van der Waals surface area contributed by atoms with E-state index in [1.807, 2.05) is 43.6 Å². The Kier molecular flexibility index (Phi) is 6.20. The van der Waals surface area contributed by atoms with Crippen molar-refractivity contribution in [2.45, 2.75) is 20.0 Å². The van der Waals surface area contributed by atoms with Gasteiger partial charge >= 0.3 is 5.97 Å². The Balaban J connectivity index is 1.47. The van der Waals surface area contributed by atoms with Crippen LogP contribution in [0.15, 0.2) is 48.7 Å². The van der Waals surface area contributed by atoms with Crippen LogP contribution >= 0.6 is 23.2 Å². The lowest BCUT2D eigenvalue weighted by Crippen LogP contribution is -2.06. The fourth-order valence-corrected chi connectivity index (χ4v) is 3.66. The van der Waals surface area contributed by atoms with Crippen LogP contribution < -0.4 is 4.74 Å². The number of aromatic amines is 1. The van der Waals surface area contributed by atoms with Crippen LogP contribution in [0.2, 0.25) is 10.0 Å². The minimum Gasteiger partial charge on any atom is -0.487 e. The second-order valence-corrected chi connectivity index (χ2v) is 7.88. The molecule has 160 valence electrons. The molecule has 0 spiro atoms. The second kappa shape index (κ2) is 9.04. The Morgan fingerprint density at radius 3 is 2.74 bits per heavy atom. The third-order valence-corrected chi connectivity index (χ3v) is 5.70. The van der Waals surface area contributed by atoms with Gasteiger partial charge in [-0.15, -0.1) is 0 Å². The predicted molar refractivity (Wildman–Crippen MR) is 122 cm³/mol. The first-order valence-corrected chi connectivity index (χ1v) is 10.6. The third-order valence-electron chi connectivity index (χ3n) is 4.96. The van der Waals surface area contributed by atoms with Gasteiger partial charge in [-0.1, -0.05) is 29.3 Å². The first-order valence-electron chi connectivity index (χ1n) is 9.81. The van der Waals surface area contributed by atoms with E-state index in [-0.39, 0.29) is 12.4 Å². The standard InChI is InChI=1S/C23H21Cl2N3O3/c1-3-30-23(29)9-15-12-26-22-11-17(5-6-18(15)22)31-13-16-10-21(27-28(16)2)14-4-7-19(24)20(25)8-14/h4-8,10-12,26H,3,9,13H2,1-2H3. The number of carbonyl (C=O) groups is 1. The summed E-state index contributed by atoms with van der Waals surface area (Å²) in [5, 5.41) is 6.52. The van der Waals surface area contributed by atoms with Gasteiger partial charge in [-0.3, -0.25) is 9.48 Å². The van der Waals surface area contributed by atoms with Crippen molar-refractivity contribution in [3.05, 3.63) is 70.0 Å². The number of nitrogens with one attached hydrogen (secondary N) is 1. The maximum absolute atomic E-state index is 11.8. The molecule has 0 aliphatic heterocycles. The van der Waals surface area contributed by atoms with E-state index in [9.17, 15) is 4.79 Å². The number of benzene rings is 2. The highest BCUT2D eigenvalue weighted by molar-refractivity contribution is 6.42. The summed E-state index contributed by atoms with van der Waals surface area (Å²) < 4.78 is 12.8. The minimum atomic E-state index is -0.238. The van der Waals surface area contributed by atoms with Gasteiger partial charge in [0.25, 0.3) is 0 Å². The van der Waals surface area contributed by atoms with Gasteiger partial charge in [-0.25, -0.2) is 0 Å². The number of H-pyrrole nitrogens is 1. The highest BCUT2D eigenvalue weighted by Crippen LogP contribution is 2.29. The zero-order chi connectivity index (χ0) is 22.0. The zero-order valence-electron chi connectivity index (χ0n) is 17.1. The van der Waals surface area contributed by atoms with Crippen LogP contribution in [0.25, 0.3) is 22.2 Å². The predicted octanol–water partition coefficient (Wildman–Crippen LogP) is 5.56. The van der Waals surface area contributed by atoms with Crippen LogP contribution in [-0.4, -0.2) is 27.3 Å². The molecule has 2 aromatic carbocycles. The molecule has 8 heteroatoms. The normalized spacial score (nSPS) is 11.1. The summed E-state index contributed by atoms with van der Waals surface area (Å²) in [5.41, 5.74) is 4.40. The molecular weight excluding hydrogens is 437 g/mol. The molecule has 1 N–H and O–H groups in total. The number of fused-ring (bicyclic) bond motifs is 1. The molecule has 0 saturated heterocycles. The van der Waals surface area contributed by atoms with Gasteiger partial charge in [0.2, 0.25) is 0 Å². The third kappa shape index (κ3) is 4.70. The molecule has 0 aliphatic rings. The lowest BCUT2D eigenvalue weighted by molar-refractivity contribution is -0.142. The summed E-state index contributed by atoms with van der Waals surface area (Å²) in [7, 11) is 1.87. The van der Waals surface area contributed by atoms with Crippen LogP contribution in [0.1, 0.15) is 18.2 Å². The molecule has 4 aromatic rings. The van der Waals surface area contributed by atoms with Crippen molar-refractivity contribution in [1.82, 2.24) is 14.8 Å². The maximum atomic E-state index is 11.8. The van der Waals surface area contributed by atoms with E-state index >= 15 is 0 Å². The van der Waals surface area contributed by atoms with Crippen LogP contribution in [0, 0.1) is 0 Å². The Bertz CT molecular complexity index is 1250. The number of nitrogens with zero attached hydrogens (tertiary/aromatic N) is 2. The number of ether oxygens (including phenoxy) is 2. The van der Waals surface area contributed by atoms with Crippen molar-refractivity contribution >= 4 is 40.1 Å². The van der Waals surface area contributed by atoms with E-state index in [2.05, 4.69) is 10.1 Å². The molecule has 31 heavy (non-hydrogen) atoms. The molecular formula is C23H21Cl2N3O3. The number of aryl methyl sites for hydroxylation is 1. The van der Waals surface area contributed by atoms with E-state index in [1.54, 1.807) is 23.7 Å². The van der Waals surface area contributed by atoms with E-state index in [0.29, 0.717) is 29.0 Å². The topological polar surface area (TPSA) is 69.1 Å². The molecule has 0 bridgehead atoms. The van der Waals surface area contributed by atoms with Crippen LogP contribution in [0.5, 0.6) is 5.75 Å². The highest BCUT2D eigenvalue weighted by Gasteiger charge is 2.12. The first kappa shape index (κ1) is 21.3. The quantitative estimate of drug-likeness (QED) is 0.368. The highest BCUT2D eigenvalue weighted by atomic mass is 35.5. The smallest absolute Gasteiger partial charge is 0.310 e. The molecule has 0 radical (unpaired) electrons. The number of carbonyl (C=O) groups excluding carboxylic acids is 1. The summed E-state index contributed by atoms with van der Waals surface area (Å²) >= 11 is 12.1. The van der Waals surface area contributed by atoms with Crippen LogP contribution in [-0.2, 0) is 29.6 Å². The van der Waals surface area contributed by atoms with Crippen molar-refractivity contribution in [2.24, 2.45) is 7.05 Å². The van der Waals surface area contributed by atoms with Gasteiger partial charge in [-0.05, 0) is 42.8 Å². The zero-order valence-corrected chi connectivity index (χ0v) is 18.6. The lowest BCUT2D eigenvalue weighted by atomic mass is 10.1. The van der Waals surface area contributed by atoms with E-state index in [1.165, 1.54) is 0 Å². The Morgan fingerprint density at radius 1 is 1.13 bits per heavy atom. The first-order chi connectivity index (χ1) is 14.9. The van der Waals surface area contributed by atoms with E-state index in [0.717, 1.165) is 33.4 Å². The van der Waals surface area contributed by atoms with Crippen molar-refractivity contribution in [3.63, 3.8) is 0 Å². The Labute approximate surface area is 189 Å². The maximum Gasteiger partial charge on any atom is 0.310 e. The number of aromatic nitrogens is 3. The van der Waals surface area contributed by atoms with Crippen LogP contribution in [0.4, 0.5) is 0 Å². The van der Waals surface area contributed by atoms with Gasteiger partial charge in [0, 0.05) is 35.8 Å². The van der Waals surface area contributed by atoms with Crippen molar-refractivity contribution in [1.29, 1.82) is 0 Å². The SMILES string of the molecule is CCOC(=O)Cc1c[nH]c2cc(OCc3cc(-c4ccc(Cl)c(Cl)c4)nn3C)ccc12. The Hall–Kier alpha value is -2.96. The van der Waals surface area contributed by atoms with Crippen LogP contribution in [0.3, 0.4) is 0 Å². The molecule has 0 unspecified atom stereocenters. The number of hydrogen-bond acceptors (Lipinski definition) is 4. The summed E-state index contributed by atoms with van der Waals surface area (Å²) in [6.07, 6.45) is 2.07. The summed E-state index contributed by atoms with van der Waals surface area (Å²) in [4.78, 5) is 15.0. The molecule has 4 rings (SSSR count). The molecule has 0 amide bonds. The van der Waals surface area contributed by atoms with Crippen molar-refractivity contribution in [3.8, 4) is 17.0 Å². The van der Waals surface area contributed by atoms with Gasteiger partial charge in [0.1, 0.15) is 12.4 Å². The second-order valence-electron chi connectivity index (χ2n) is 7.07. The number of rotatable bonds is 7. The number of halogens is 2. The molecule has 6 nitrogen and oxygen atoms in total. The molecule has 0 atom stereocenters. The molecule has 0 fully saturated rings. The van der Waals surface area contributed by atoms with Crippen molar-refractivity contribution in [2.75, 3.05) is 6.61 Å². The lowest BCUT2D eigenvalue weighted by Gasteiger charge is -2.07. The monoisotopic (exact) mass is 457 g/mol.